The van der Waals surface area contributed by atoms with E-state index >= 15 is 0 Å². The van der Waals surface area contributed by atoms with Crippen molar-refractivity contribution < 1.29 is 14.6 Å². The Morgan fingerprint density at radius 3 is 2.92 bits per heavy atom. The number of carbonyl (C=O) groups is 1. The summed E-state index contributed by atoms with van der Waals surface area (Å²) in [6.45, 7) is 0.506. The van der Waals surface area contributed by atoms with Gasteiger partial charge in [-0.25, -0.2) is 4.98 Å². The third-order valence-electron chi connectivity index (χ3n) is 3.86. The van der Waals surface area contributed by atoms with Gasteiger partial charge in [0.05, 0.1) is 13.7 Å². The molecule has 0 spiro atoms. The van der Waals surface area contributed by atoms with Crippen molar-refractivity contribution in [2.45, 2.75) is 6.54 Å². The first-order valence-corrected chi connectivity index (χ1v) is 7.67. The van der Waals surface area contributed by atoms with Crippen LogP contribution in [0, 0.1) is 0 Å². The first-order valence-electron chi connectivity index (χ1n) is 7.67. The van der Waals surface area contributed by atoms with E-state index < -0.39 is 0 Å². The van der Waals surface area contributed by atoms with Gasteiger partial charge in [-0.3, -0.25) is 4.79 Å². The van der Waals surface area contributed by atoms with Crippen molar-refractivity contribution >= 4 is 11.6 Å². The van der Waals surface area contributed by atoms with E-state index in [0.717, 1.165) is 11.3 Å². The van der Waals surface area contributed by atoms with Crippen LogP contribution < -0.4 is 4.74 Å². The van der Waals surface area contributed by atoms with E-state index in [1.165, 1.54) is 0 Å². The molecule has 0 aliphatic carbocycles. The summed E-state index contributed by atoms with van der Waals surface area (Å²) in [4.78, 5) is 18.6. The number of pyridine rings is 1. The smallest absolute Gasteiger partial charge is 0.254 e. The SMILES string of the molecule is COc1ccccc1CN(CCO)C(=O)c1ccn2ccnc2c1. The largest absolute Gasteiger partial charge is 0.496 e. The van der Waals surface area contributed by atoms with E-state index in [0.29, 0.717) is 17.8 Å². The first-order chi connectivity index (χ1) is 11.7. The average Bonchev–Trinajstić information content (AvgIpc) is 3.09. The summed E-state index contributed by atoms with van der Waals surface area (Å²) in [5.41, 5.74) is 2.14. The Morgan fingerprint density at radius 1 is 1.29 bits per heavy atom. The molecule has 0 bridgehead atoms. The number of hydrogen-bond acceptors (Lipinski definition) is 4. The number of ether oxygens (including phenoxy) is 1. The average molecular weight is 325 g/mol. The summed E-state index contributed by atoms with van der Waals surface area (Å²) in [7, 11) is 1.60. The van der Waals surface area contributed by atoms with Crippen molar-refractivity contribution in [2.75, 3.05) is 20.3 Å². The maximum absolute atomic E-state index is 12.8. The van der Waals surface area contributed by atoms with E-state index in [-0.39, 0.29) is 19.1 Å². The zero-order valence-corrected chi connectivity index (χ0v) is 13.4. The van der Waals surface area contributed by atoms with Crippen LogP contribution in [0.3, 0.4) is 0 Å². The second kappa shape index (κ2) is 7.14. The molecule has 0 saturated carbocycles. The van der Waals surface area contributed by atoms with Gasteiger partial charge in [0.2, 0.25) is 0 Å². The number of para-hydroxylation sites is 1. The molecule has 124 valence electrons. The van der Waals surface area contributed by atoms with Crippen LogP contribution in [0.15, 0.2) is 55.0 Å². The highest BCUT2D eigenvalue weighted by molar-refractivity contribution is 5.95. The number of hydrogen-bond donors (Lipinski definition) is 1. The van der Waals surface area contributed by atoms with Crippen molar-refractivity contribution in [2.24, 2.45) is 0 Å². The molecule has 24 heavy (non-hydrogen) atoms. The number of imidazole rings is 1. The Hall–Kier alpha value is -2.86. The van der Waals surface area contributed by atoms with Gasteiger partial charge in [0.15, 0.2) is 0 Å². The lowest BCUT2D eigenvalue weighted by molar-refractivity contribution is 0.0706. The van der Waals surface area contributed by atoms with Gasteiger partial charge in [0.1, 0.15) is 11.4 Å². The lowest BCUT2D eigenvalue weighted by Crippen LogP contribution is -2.33. The number of nitrogens with zero attached hydrogens (tertiary/aromatic N) is 3. The van der Waals surface area contributed by atoms with Crippen molar-refractivity contribution in [3.8, 4) is 5.75 Å². The Labute approximate surface area is 139 Å². The molecule has 0 radical (unpaired) electrons. The summed E-state index contributed by atoms with van der Waals surface area (Å²) < 4.78 is 7.18. The minimum atomic E-state index is -0.152. The highest BCUT2D eigenvalue weighted by Crippen LogP contribution is 2.20. The molecule has 3 rings (SSSR count). The Kier molecular flexibility index (Phi) is 4.77. The lowest BCUT2D eigenvalue weighted by Gasteiger charge is -2.23. The minimum absolute atomic E-state index is 0.105. The van der Waals surface area contributed by atoms with Gasteiger partial charge in [0.25, 0.3) is 5.91 Å². The molecule has 2 heterocycles. The highest BCUT2D eigenvalue weighted by Gasteiger charge is 2.18. The molecule has 1 N–H and O–H groups in total. The van der Waals surface area contributed by atoms with Gasteiger partial charge in [-0.15, -0.1) is 0 Å². The van der Waals surface area contributed by atoms with Crippen LogP contribution in [-0.2, 0) is 6.54 Å². The zero-order valence-electron chi connectivity index (χ0n) is 13.4. The lowest BCUT2D eigenvalue weighted by atomic mass is 10.1. The molecule has 0 aliphatic rings. The molecule has 1 amide bonds. The molecule has 6 nitrogen and oxygen atoms in total. The number of amides is 1. The molecule has 0 aliphatic heterocycles. The number of aromatic nitrogens is 2. The summed E-state index contributed by atoms with van der Waals surface area (Å²) >= 11 is 0. The van der Waals surface area contributed by atoms with E-state index in [2.05, 4.69) is 4.98 Å². The number of benzene rings is 1. The number of aliphatic hydroxyl groups is 1. The van der Waals surface area contributed by atoms with Crippen LogP contribution in [0.4, 0.5) is 0 Å². The summed E-state index contributed by atoms with van der Waals surface area (Å²) in [5, 5.41) is 9.33. The minimum Gasteiger partial charge on any atom is -0.496 e. The monoisotopic (exact) mass is 325 g/mol. The second-order valence-corrected chi connectivity index (χ2v) is 5.37. The highest BCUT2D eigenvalue weighted by atomic mass is 16.5. The normalized spacial score (nSPS) is 10.8. The van der Waals surface area contributed by atoms with Gasteiger partial charge < -0.3 is 19.1 Å². The molecule has 3 aromatic rings. The molecule has 0 saturated heterocycles. The van der Waals surface area contributed by atoms with E-state index in [1.807, 2.05) is 34.9 Å². The van der Waals surface area contributed by atoms with Gasteiger partial charge >= 0.3 is 0 Å². The maximum atomic E-state index is 12.8. The third-order valence-corrected chi connectivity index (χ3v) is 3.86. The molecular formula is C18H19N3O3. The molecule has 1 aromatic carbocycles. The van der Waals surface area contributed by atoms with Gasteiger partial charge in [0, 0.05) is 42.8 Å². The Balaban J connectivity index is 1.87. The molecule has 0 fully saturated rings. The summed E-state index contributed by atoms with van der Waals surface area (Å²) in [6.07, 6.45) is 5.31. The molecule has 2 aromatic heterocycles. The van der Waals surface area contributed by atoms with Crippen LogP contribution in [0.25, 0.3) is 5.65 Å². The fourth-order valence-corrected chi connectivity index (χ4v) is 2.64. The number of carbonyl (C=O) groups excluding carboxylic acids is 1. The summed E-state index contributed by atoms with van der Waals surface area (Å²) in [6, 6.07) is 11.0. The predicted molar refractivity (Wildman–Crippen MR) is 90.0 cm³/mol. The van der Waals surface area contributed by atoms with E-state index in [4.69, 9.17) is 4.74 Å². The van der Waals surface area contributed by atoms with Gasteiger partial charge in [-0.05, 0) is 18.2 Å². The van der Waals surface area contributed by atoms with Crippen molar-refractivity contribution in [1.82, 2.24) is 14.3 Å². The van der Waals surface area contributed by atoms with E-state index in [9.17, 15) is 9.90 Å². The second-order valence-electron chi connectivity index (χ2n) is 5.37. The maximum Gasteiger partial charge on any atom is 0.254 e. The fourth-order valence-electron chi connectivity index (χ4n) is 2.64. The van der Waals surface area contributed by atoms with Gasteiger partial charge in [-0.2, -0.15) is 0 Å². The van der Waals surface area contributed by atoms with Crippen LogP contribution in [-0.4, -0.2) is 45.6 Å². The quantitative estimate of drug-likeness (QED) is 0.752. The number of rotatable bonds is 6. The first kappa shape index (κ1) is 16.0. The van der Waals surface area contributed by atoms with Crippen LogP contribution in [0.2, 0.25) is 0 Å². The van der Waals surface area contributed by atoms with Crippen LogP contribution in [0.1, 0.15) is 15.9 Å². The molecular weight excluding hydrogens is 306 g/mol. The topological polar surface area (TPSA) is 67.1 Å². The van der Waals surface area contributed by atoms with Crippen molar-refractivity contribution in [3.05, 3.63) is 66.1 Å². The van der Waals surface area contributed by atoms with Crippen molar-refractivity contribution in [3.63, 3.8) is 0 Å². The van der Waals surface area contributed by atoms with E-state index in [1.54, 1.807) is 36.5 Å². The standard InChI is InChI=1S/C18H19N3O3/c1-24-16-5-3-2-4-15(16)13-21(10-11-22)18(23)14-6-8-20-9-7-19-17(20)12-14/h2-9,12,22H,10-11,13H2,1H3. The molecule has 6 heteroatoms. The summed E-state index contributed by atoms with van der Waals surface area (Å²) in [5.74, 6) is 0.567. The molecule has 0 atom stereocenters. The predicted octanol–water partition coefficient (Wildman–Crippen LogP) is 1.98. The Morgan fingerprint density at radius 2 is 2.12 bits per heavy atom. The van der Waals surface area contributed by atoms with Gasteiger partial charge in [-0.1, -0.05) is 18.2 Å². The third kappa shape index (κ3) is 3.23. The number of aliphatic hydroxyl groups excluding tert-OH is 1. The Bertz CT molecular complexity index is 844. The number of methoxy groups -OCH3 is 1. The van der Waals surface area contributed by atoms with Crippen molar-refractivity contribution in [1.29, 1.82) is 0 Å². The van der Waals surface area contributed by atoms with Crippen LogP contribution in [0.5, 0.6) is 5.75 Å². The number of fused-ring (bicyclic) bond motifs is 1. The zero-order chi connectivity index (χ0) is 16.9. The van der Waals surface area contributed by atoms with Crippen LogP contribution >= 0.6 is 0 Å². The fraction of sp³-hybridized carbons (Fsp3) is 0.222. The molecule has 0 unspecified atom stereocenters.